The maximum absolute atomic E-state index is 13.0. The summed E-state index contributed by atoms with van der Waals surface area (Å²) in [4.78, 5) is 25.8. The van der Waals surface area contributed by atoms with Crippen LogP contribution >= 0.6 is 0 Å². The normalized spacial score (nSPS) is 24.6. The molecule has 2 amide bonds. The molecule has 1 aliphatic heterocycles. The predicted molar refractivity (Wildman–Crippen MR) is 127 cm³/mol. The van der Waals surface area contributed by atoms with Crippen LogP contribution in [0.2, 0.25) is 0 Å². The van der Waals surface area contributed by atoms with Gasteiger partial charge in [-0.1, -0.05) is 36.4 Å². The van der Waals surface area contributed by atoms with E-state index in [1.165, 1.54) is 24.3 Å². The van der Waals surface area contributed by atoms with Crippen molar-refractivity contribution < 1.29 is 44.6 Å². The second kappa shape index (κ2) is 11.5. The third kappa shape index (κ3) is 7.81. The molecule has 3 N–H and O–H groups in total. The van der Waals surface area contributed by atoms with Gasteiger partial charge in [-0.2, -0.15) is 16.8 Å². The molecule has 1 saturated heterocycles. The molecule has 2 aromatic rings. The lowest BCUT2D eigenvalue weighted by molar-refractivity contribution is -0.220. The molecule has 0 aliphatic carbocycles. The largest absolute Gasteiger partial charge is 0.366 e. The summed E-state index contributed by atoms with van der Waals surface area (Å²) in [7, 11) is -8.18. The number of hydrogen-bond acceptors (Lipinski definition) is 10. The van der Waals surface area contributed by atoms with Gasteiger partial charge in [0.1, 0.15) is 18.2 Å². The van der Waals surface area contributed by atoms with E-state index in [4.69, 9.17) is 13.1 Å². The lowest BCUT2D eigenvalue weighted by atomic mass is 9.93. The number of carbonyl (C=O) groups is 2. The number of rotatable bonds is 9. The molecule has 0 aromatic heterocycles. The van der Waals surface area contributed by atoms with Crippen LogP contribution in [-0.4, -0.2) is 83.5 Å². The highest BCUT2D eigenvalue weighted by Crippen LogP contribution is 2.25. The van der Waals surface area contributed by atoms with Gasteiger partial charge in [-0.05, 0) is 24.3 Å². The van der Waals surface area contributed by atoms with E-state index < -0.39 is 69.2 Å². The molecule has 0 unspecified atom stereocenters. The number of benzene rings is 2. The minimum atomic E-state index is -4.20. The molecule has 36 heavy (non-hydrogen) atoms. The zero-order valence-corrected chi connectivity index (χ0v) is 20.9. The summed E-state index contributed by atoms with van der Waals surface area (Å²) in [5.74, 6) is -1.32. The molecule has 14 heteroatoms. The second-order valence-corrected chi connectivity index (χ2v) is 11.3. The van der Waals surface area contributed by atoms with Crippen LogP contribution in [0.15, 0.2) is 60.7 Å². The number of aliphatic hydroxyl groups excluding tert-OH is 1. The summed E-state index contributed by atoms with van der Waals surface area (Å²) in [6.07, 6.45) is -3.32. The van der Waals surface area contributed by atoms with Gasteiger partial charge in [0.25, 0.3) is 32.1 Å². The van der Waals surface area contributed by atoms with Crippen molar-refractivity contribution in [3.05, 3.63) is 71.8 Å². The Morgan fingerprint density at radius 2 is 1.31 bits per heavy atom. The van der Waals surface area contributed by atoms with Crippen LogP contribution in [0.4, 0.5) is 0 Å². The Bertz CT molecular complexity index is 1270. The van der Waals surface area contributed by atoms with Crippen molar-refractivity contribution in [2.75, 3.05) is 19.1 Å². The molecule has 12 nitrogen and oxygen atoms in total. The van der Waals surface area contributed by atoms with Gasteiger partial charge >= 0.3 is 0 Å². The molecule has 1 fully saturated rings. The first kappa shape index (κ1) is 27.7. The maximum atomic E-state index is 13.0. The van der Waals surface area contributed by atoms with E-state index in [1.54, 1.807) is 36.4 Å². The highest BCUT2D eigenvalue weighted by Gasteiger charge is 2.49. The fourth-order valence-electron chi connectivity index (χ4n) is 3.58. The van der Waals surface area contributed by atoms with Gasteiger partial charge in [0.05, 0.1) is 25.2 Å². The predicted octanol–water partition coefficient (Wildman–Crippen LogP) is -0.378. The van der Waals surface area contributed by atoms with Crippen LogP contribution in [0.3, 0.4) is 0 Å². The van der Waals surface area contributed by atoms with Gasteiger partial charge in [-0.3, -0.25) is 18.0 Å². The van der Waals surface area contributed by atoms with E-state index in [2.05, 4.69) is 10.6 Å². The summed E-state index contributed by atoms with van der Waals surface area (Å²) in [6, 6.07) is 13.1. The number of nitrogens with one attached hydrogen (secondary N) is 2. The summed E-state index contributed by atoms with van der Waals surface area (Å²) >= 11 is 0. The number of ether oxygens (including phenoxy) is 1. The van der Waals surface area contributed by atoms with Crippen LogP contribution in [0.25, 0.3) is 0 Å². The summed E-state index contributed by atoms with van der Waals surface area (Å²) in [6.45, 7) is -0.729. The Hall–Kier alpha value is -2.88. The lowest BCUT2D eigenvalue weighted by Gasteiger charge is -2.44. The molecule has 3 rings (SSSR count). The molecule has 0 bridgehead atoms. The lowest BCUT2D eigenvalue weighted by Crippen LogP contribution is -2.70. The van der Waals surface area contributed by atoms with E-state index in [1.807, 2.05) is 0 Å². The molecule has 0 saturated carbocycles. The van der Waals surface area contributed by atoms with Gasteiger partial charge in [0.2, 0.25) is 0 Å². The minimum Gasteiger partial charge on any atom is -0.366 e. The van der Waals surface area contributed by atoms with Crippen molar-refractivity contribution in [1.82, 2.24) is 10.6 Å². The Labute approximate surface area is 208 Å². The molecule has 0 spiro atoms. The van der Waals surface area contributed by atoms with Crippen molar-refractivity contribution >= 4 is 32.1 Å². The van der Waals surface area contributed by atoms with Gasteiger partial charge in [0, 0.05) is 11.1 Å². The van der Waals surface area contributed by atoms with Gasteiger partial charge in [-0.15, -0.1) is 0 Å². The van der Waals surface area contributed by atoms with E-state index >= 15 is 0 Å². The molecule has 5 atom stereocenters. The van der Waals surface area contributed by atoms with Crippen molar-refractivity contribution in [2.45, 2.75) is 30.6 Å². The summed E-state index contributed by atoms with van der Waals surface area (Å²) in [5, 5.41) is 15.9. The first-order chi connectivity index (χ1) is 16.8. The number of carbonyl (C=O) groups excluding carboxylic acids is 2. The number of aliphatic hydroxyl groups is 1. The average Bonchev–Trinajstić information content (AvgIpc) is 2.81. The molecular weight excluding hydrogens is 516 g/mol. The maximum Gasteiger partial charge on any atom is 0.264 e. The van der Waals surface area contributed by atoms with E-state index in [0.29, 0.717) is 0 Å². The van der Waals surface area contributed by atoms with Crippen LogP contribution in [0.5, 0.6) is 0 Å². The van der Waals surface area contributed by atoms with Crippen LogP contribution < -0.4 is 10.6 Å². The van der Waals surface area contributed by atoms with E-state index in [-0.39, 0.29) is 11.1 Å². The SMILES string of the molecule is CS(=O)(=O)OC[C@H]1O[C@@H](O)[C@H](NC(=O)c2ccccc2)[C@@H](NC(=O)c2ccccc2)[C@@H]1OS(C)(=O)=O. The quantitative estimate of drug-likeness (QED) is 0.354. The molecule has 0 radical (unpaired) electrons. The zero-order chi connectivity index (χ0) is 26.5. The minimum absolute atomic E-state index is 0.202. The molecular formula is C22H26N2O10S2. The topological polar surface area (TPSA) is 174 Å². The fraction of sp³-hybridized carbons (Fsp3) is 0.364. The fourth-order valence-corrected chi connectivity index (χ4v) is 4.61. The average molecular weight is 543 g/mol. The molecule has 196 valence electrons. The summed E-state index contributed by atoms with van der Waals surface area (Å²) < 4.78 is 62.6. The third-order valence-corrected chi connectivity index (χ3v) is 6.26. The van der Waals surface area contributed by atoms with E-state index in [9.17, 15) is 31.5 Å². The Morgan fingerprint density at radius 1 is 0.833 bits per heavy atom. The van der Waals surface area contributed by atoms with E-state index in [0.717, 1.165) is 12.5 Å². The number of hydrogen-bond donors (Lipinski definition) is 3. The van der Waals surface area contributed by atoms with Crippen LogP contribution in [-0.2, 0) is 33.3 Å². The first-order valence-electron chi connectivity index (χ1n) is 10.6. The summed E-state index contributed by atoms with van der Waals surface area (Å²) in [5.41, 5.74) is 0.426. The Morgan fingerprint density at radius 3 is 1.75 bits per heavy atom. The molecule has 1 heterocycles. The smallest absolute Gasteiger partial charge is 0.264 e. The third-order valence-electron chi connectivity index (χ3n) is 5.13. The first-order valence-corrected chi connectivity index (χ1v) is 14.3. The molecule has 2 aromatic carbocycles. The van der Waals surface area contributed by atoms with Gasteiger partial charge in [0.15, 0.2) is 6.29 Å². The monoisotopic (exact) mass is 542 g/mol. The zero-order valence-electron chi connectivity index (χ0n) is 19.3. The van der Waals surface area contributed by atoms with Crippen molar-refractivity contribution in [3.63, 3.8) is 0 Å². The highest BCUT2D eigenvalue weighted by atomic mass is 32.2. The van der Waals surface area contributed by atoms with Crippen molar-refractivity contribution in [3.8, 4) is 0 Å². The van der Waals surface area contributed by atoms with Crippen LogP contribution in [0, 0.1) is 0 Å². The second-order valence-electron chi connectivity index (χ2n) is 8.05. The van der Waals surface area contributed by atoms with Gasteiger partial charge in [-0.25, -0.2) is 0 Å². The van der Waals surface area contributed by atoms with Crippen LogP contribution in [0.1, 0.15) is 20.7 Å². The standard InChI is InChI=1S/C22H26N2O10S2/c1-35(28,29)32-13-16-19(34-36(2,30)31)17(23-20(25)14-9-5-3-6-10-14)18(22(27)33-16)24-21(26)15-11-7-4-8-12-15/h3-12,16-19,22,27H,13H2,1-2H3,(H,23,25)(H,24,26)/t16-,17-,18-,19-,22-/m1/s1. The Balaban J connectivity index is 1.99. The van der Waals surface area contributed by atoms with Crippen molar-refractivity contribution in [2.24, 2.45) is 0 Å². The number of amides is 2. The molecule has 1 aliphatic rings. The highest BCUT2D eigenvalue weighted by molar-refractivity contribution is 7.86. The van der Waals surface area contributed by atoms with Crippen molar-refractivity contribution in [1.29, 1.82) is 0 Å². The van der Waals surface area contributed by atoms with Gasteiger partial charge < -0.3 is 20.5 Å². The Kier molecular flexibility index (Phi) is 8.81.